The Morgan fingerprint density at radius 2 is 1.88 bits per heavy atom. The van der Waals surface area contributed by atoms with Crippen LogP contribution in [0.3, 0.4) is 0 Å². The van der Waals surface area contributed by atoms with E-state index < -0.39 is 5.97 Å². The van der Waals surface area contributed by atoms with E-state index in [4.69, 9.17) is 5.11 Å². The van der Waals surface area contributed by atoms with Gasteiger partial charge in [0.1, 0.15) is 0 Å². The molecule has 5 heteroatoms. The second kappa shape index (κ2) is 5.49. The minimum Gasteiger partial charge on any atom is -0.481 e. The van der Waals surface area contributed by atoms with E-state index in [1.54, 1.807) is 4.90 Å². The highest BCUT2D eigenvalue weighted by molar-refractivity contribution is 5.80. The standard InChI is InChI=1S/C12H20N2O3/c15-11(14-7-10(8-14)12(16)17)2-1-9-3-5-13-6-4-9/h9-10,13H,1-8H2,(H,16,17). The first-order chi connectivity index (χ1) is 8.16. The molecule has 96 valence electrons. The fraction of sp³-hybridized carbons (Fsp3) is 0.833. The fourth-order valence-corrected chi connectivity index (χ4v) is 2.49. The van der Waals surface area contributed by atoms with Gasteiger partial charge in [0, 0.05) is 19.5 Å². The lowest BCUT2D eigenvalue weighted by atomic mass is 9.92. The van der Waals surface area contributed by atoms with Gasteiger partial charge in [0.2, 0.25) is 5.91 Å². The van der Waals surface area contributed by atoms with Gasteiger partial charge >= 0.3 is 5.97 Å². The molecule has 0 aliphatic carbocycles. The van der Waals surface area contributed by atoms with E-state index in [-0.39, 0.29) is 11.8 Å². The zero-order chi connectivity index (χ0) is 12.3. The largest absolute Gasteiger partial charge is 0.481 e. The number of aliphatic carboxylic acids is 1. The van der Waals surface area contributed by atoms with Gasteiger partial charge in [0.15, 0.2) is 0 Å². The molecule has 0 radical (unpaired) electrons. The van der Waals surface area contributed by atoms with Crippen molar-refractivity contribution in [2.45, 2.75) is 25.7 Å². The van der Waals surface area contributed by atoms with Gasteiger partial charge in [0.25, 0.3) is 0 Å². The summed E-state index contributed by atoms with van der Waals surface area (Å²) in [5.74, 6) is -0.331. The maximum absolute atomic E-state index is 11.8. The Balaban J connectivity index is 1.63. The number of carbonyl (C=O) groups excluding carboxylic acids is 1. The zero-order valence-corrected chi connectivity index (χ0v) is 10.0. The van der Waals surface area contributed by atoms with Crippen molar-refractivity contribution in [2.24, 2.45) is 11.8 Å². The average molecular weight is 240 g/mol. The van der Waals surface area contributed by atoms with Crippen molar-refractivity contribution in [3.63, 3.8) is 0 Å². The summed E-state index contributed by atoms with van der Waals surface area (Å²) < 4.78 is 0. The van der Waals surface area contributed by atoms with Crippen molar-refractivity contribution in [1.29, 1.82) is 0 Å². The van der Waals surface area contributed by atoms with Gasteiger partial charge in [-0.05, 0) is 38.3 Å². The van der Waals surface area contributed by atoms with Gasteiger partial charge in [-0.25, -0.2) is 0 Å². The van der Waals surface area contributed by atoms with E-state index in [1.165, 1.54) is 0 Å². The fourth-order valence-electron chi connectivity index (χ4n) is 2.49. The van der Waals surface area contributed by atoms with Gasteiger partial charge in [-0.15, -0.1) is 0 Å². The van der Waals surface area contributed by atoms with Crippen LogP contribution in [0.4, 0.5) is 0 Å². The minimum atomic E-state index is -0.785. The molecule has 5 nitrogen and oxygen atoms in total. The van der Waals surface area contributed by atoms with E-state index in [1.807, 2.05) is 0 Å². The van der Waals surface area contributed by atoms with E-state index >= 15 is 0 Å². The molecule has 0 bridgehead atoms. The van der Waals surface area contributed by atoms with Gasteiger partial charge < -0.3 is 15.3 Å². The average Bonchev–Trinajstić information content (AvgIpc) is 2.25. The normalized spacial score (nSPS) is 22.2. The smallest absolute Gasteiger partial charge is 0.310 e. The number of piperidine rings is 1. The molecule has 2 saturated heterocycles. The summed E-state index contributed by atoms with van der Waals surface area (Å²) in [5.41, 5.74) is 0. The molecule has 0 aromatic carbocycles. The summed E-state index contributed by atoms with van der Waals surface area (Å²) in [4.78, 5) is 24.0. The molecule has 2 rings (SSSR count). The van der Waals surface area contributed by atoms with Crippen molar-refractivity contribution in [2.75, 3.05) is 26.2 Å². The Morgan fingerprint density at radius 1 is 1.24 bits per heavy atom. The Morgan fingerprint density at radius 3 is 2.47 bits per heavy atom. The van der Waals surface area contributed by atoms with E-state index in [0.29, 0.717) is 25.4 Å². The van der Waals surface area contributed by atoms with Crippen LogP contribution in [-0.4, -0.2) is 48.1 Å². The second-order valence-corrected chi connectivity index (χ2v) is 5.07. The maximum atomic E-state index is 11.8. The number of hydrogen-bond donors (Lipinski definition) is 2. The number of hydrogen-bond acceptors (Lipinski definition) is 3. The Bertz CT molecular complexity index is 294. The second-order valence-electron chi connectivity index (χ2n) is 5.07. The third-order valence-corrected chi connectivity index (χ3v) is 3.81. The molecule has 0 spiro atoms. The molecule has 1 amide bonds. The van der Waals surface area contributed by atoms with Crippen molar-refractivity contribution in [3.8, 4) is 0 Å². The van der Waals surface area contributed by atoms with Crippen molar-refractivity contribution < 1.29 is 14.7 Å². The number of carbonyl (C=O) groups is 2. The molecule has 2 N–H and O–H groups in total. The first-order valence-electron chi connectivity index (χ1n) is 6.38. The quantitative estimate of drug-likeness (QED) is 0.742. The summed E-state index contributed by atoms with van der Waals surface area (Å²) in [6.45, 7) is 2.92. The number of rotatable bonds is 4. The van der Waals surface area contributed by atoms with E-state index in [9.17, 15) is 9.59 Å². The number of likely N-dealkylation sites (tertiary alicyclic amines) is 1. The van der Waals surface area contributed by atoms with Crippen LogP contribution in [-0.2, 0) is 9.59 Å². The van der Waals surface area contributed by atoms with Crippen LogP contribution in [0.15, 0.2) is 0 Å². The maximum Gasteiger partial charge on any atom is 0.310 e. The third kappa shape index (κ3) is 3.19. The number of carboxylic acids is 1. The highest BCUT2D eigenvalue weighted by Gasteiger charge is 2.35. The number of carboxylic acid groups (broad SMARTS) is 1. The highest BCUT2D eigenvalue weighted by atomic mass is 16.4. The van der Waals surface area contributed by atoms with Crippen molar-refractivity contribution >= 4 is 11.9 Å². The molecule has 2 aliphatic heterocycles. The summed E-state index contributed by atoms with van der Waals surface area (Å²) in [6, 6.07) is 0. The Hall–Kier alpha value is -1.10. The first kappa shape index (κ1) is 12.4. The molecule has 2 aliphatic rings. The van der Waals surface area contributed by atoms with Crippen LogP contribution in [0.25, 0.3) is 0 Å². The van der Waals surface area contributed by atoms with Crippen LogP contribution in [0.5, 0.6) is 0 Å². The van der Waals surface area contributed by atoms with Crippen LogP contribution >= 0.6 is 0 Å². The Kier molecular flexibility index (Phi) is 3.99. The molecule has 2 heterocycles. The molecule has 0 atom stereocenters. The van der Waals surface area contributed by atoms with E-state index in [2.05, 4.69) is 5.32 Å². The summed E-state index contributed by atoms with van der Waals surface area (Å²) in [5, 5.41) is 12.0. The van der Waals surface area contributed by atoms with Gasteiger partial charge in [-0.2, -0.15) is 0 Å². The van der Waals surface area contributed by atoms with E-state index in [0.717, 1.165) is 32.4 Å². The third-order valence-electron chi connectivity index (χ3n) is 3.81. The number of amides is 1. The summed E-state index contributed by atoms with van der Waals surface area (Å²) >= 11 is 0. The Labute approximate surface area is 101 Å². The molecule has 0 saturated carbocycles. The SMILES string of the molecule is O=C(O)C1CN(C(=O)CCC2CCNCC2)C1. The monoisotopic (exact) mass is 240 g/mol. The van der Waals surface area contributed by atoms with Gasteiger partial charge in [0.05, 0.1) is 5.92 Å². The number of nitrogens with zero attached hydrogens (tertiary/aromatic N) is 1. The molecular formula is C12H20N2O3. The lowest BCUT2D eigenvalue weighted by Crippen LogP contribution is -2.53. The number of nitrogens with one attached hydrogen (secondary N) is 1. The lowest BCUT2D eigenvalue weighted by Gasteiger charge is -2.37. The molecule has 2 fully saturated rings. The molecular weight excluding hydrogens is 220 g/mol. The van der Waals surface area contributed by atoms with Crippen LogP contribution < -0.4 is 5.32 Å². The first-order valence-corrected chi connectivity index (χ1v) is 6.38. The molecule has 0 aromatic heterocycles. The molecule has 0 aromatic rings. The zero-order valence-electron chi connectivity index (χ0n) is 10.0. The highest BCUT2D eigenvalue weighted by Crippen LogP contribution is 2.21. The molecule has 0 unspecified atom stereocenters. The molecule has 17 heavy (non-hydrogen) atoms. The van der Waals surface area contributed by atoms with Gasteiger partial charge in [-0.1, -0.05) is 0 Å². The van der Waals surface area contributed by atoms with Gasteiger partial charge in [-0.3, -0.25) is 9.59 Å². The predicted octanol–water partition coefficient (Wildman–Crippen LogP) is 0.309. The lowest BCUT2D eigenvalue weighted by molar-refractivity contribution is -0.152. The van der Waals surface area contributed by atoms with Crippen LogP contribution in [0.2, 0.25) is 0 Å². The predicted molar refractivity (Wildman–Crippen MR) is 62.5 cm³/mol. The van der Waals surface area contributed by atoms with Crippen LogP contribution in [0.1, 0.15) is 25.7 Å². The summed E-state index contributed by atoms with van der Waals surface area (Å²) in [6.07, 6.45) is 3.85. The summed E-state index contributed by atoms with van der Waals surface area (Å²) in [7, 11) is 0. The van der Waals surface area contributed by atoms with Crippen molar-refractivity contribution in [3.05, 3.63) is 0 Å². The minimum absolute atomic E-state index is 0.126. The topological polar surface area (TPSA) is 69.6 Å². The van der Waals surface area contributed by atoms with Crippen molar-refractivity contribution in [1.82, 2.24) is 10.2 Å². The van der Waals surface area contributed by atoms with Crippen LogP contribution in [0, 0.1) is 11.8 Å².